The number of nitrogens with one attached hydrogen (secondary N) is 1. The van der Waals surface area contributed by atoms with Crippen LogP contribution in [-0.4, -0.2) is 22.0 Å². The Morgan fingerprint density at radius 2 is 2.23 bits per heavy atom. The van der Waals surface area contributed by atoms with Crippen molar-refractivity contribution in [2.24, 2.45) is 0 Å². The largest absolute Gasteiger partial charge is 0.352 e. The van der Waals surface area contributed by atoms with Gasteiger partial charge in [0, 0.05) is 23.0 Å². The SMILES string of the molecule is CC(C)n1cnc2cc(C(=O)NCCc3cccs3)ccc21. The zero-order valence-electron chi connectivity index (χ0n) is 12.7. The molecule has 0 bridgehead atoms. The third-order valence-corrected chi connectivity index (χ3v) is 4.57. The van der Waals surface area contributed by atoms with Crippen LogP contribution >= 0.6 is 11.3 Å². The molecule has 114 valence electrons. The standard InChI is InChI=1S/C17H19N3OS/c1-12(2)20-11-19-15-10-13(5-6-16(15)20)17(21)18-8-7-14-4-3-9-22-14/h3-6,9-12H,7-8H2,1-2H3,(H,18,21). The van der Waals surface area contributed by atoms with E-state index in [1.165, 1.54) is 4.88 Å². The highest BCUT2D eigenvalue weighted by Crippen LogP contribution is 2.18. The van der Waals surface area contributed by atoms with Crippen molar-refractivity contribution in [3.05, 3.63) is 52.5 Å². The van der Waals surface area contributed by atoms with Crippen LogP contribution in [0.3, 0.4) is 0 Å². The van der Waals surface area contributed by atoms with Gasteiger partial charge in [-0.2, -0.15) is 0 Å². The second kappa shape index (κ2) is 6.32. The number of imidazole rings is 1. The van der Waals surface area contributed by atoms with Gasteiger partial charge in [0.05, 0.1) is 17.4 Å². The molecule has 0 aliphatic heterocycles. The molecule has 0 atom stereocenters. The minimum atomic E-state index is -0.0439. The number of hydrogen-bond acceptors (Lipinski definition) is 3. The van der Waals surface area contributed by atoms with E-state index < -0.39 is 0 Å². The van der Waals surface area contributed by atoms with Crippen LogP contribution in [0, 0.1) is 0 Å². The summed E-state index contributed by atoms with van der Waals surface area (Å²) in [6.45, 7) is 4.89. The molecule has 1 N–H and O–H groups in total. The van der Waals surface area contributed by atoms with E-state index in [1.807, 2.05) is 30.6 Å². The number of thiophene rings is 1. The molecule has 3 rings (SSSR count). The lowest BCUT2D eigenvalue weighted by molar-refractivity contribution is 0.0954. The van der Waals surface area contributed by atoms with E-state index in [0.717, 1.165) is 17.5 Å². The van der Waals surface area contributed by atoms with Crippen LogP contribution in [0.25, 0.3) is 11.0 Å². The maximum atomic E-state index is 12.2. The summed E-state index contributed by atoms with van der Waals surface area (Å²) in [6, 6.07) is 10.2. The Bertz CT molecular complexity index is 774. The first-order valence-corrected chi connectivity index (χ1v) is 8.30. The molecule has 1 amide bonds. The van der Waals surface area contributed by atoms with Crippen molar-refractivity contribution in [3.8, 4) is 0 Å². The van der Waals surface area contributed by atoms with Gasteiger partial charge in [0.25, 0.3) is 5.91 Å². The van der Waals surface area contributed by atoms with E-state index in [0.29, 0.717) is 18.2 Å². The summed E-state index contributed by atoms with van der Waals surface area (Å²) in [4.78, 5) is 17.9. The van der Waals surface area contributed by atoms with E-state index in [9.17, 15) is 4.79 Å². The van der Waals surface area contributed by atoms with Crippen molar-refractivity contribution in [3.63, 3.8) is 0 Å². The number of benzene rings is 1. The second-order valence-electron chi connectivity index (χ2n) is 5.53. The van der Waals surface area contributed by atoms with Gasteiger partial charge in [-0.05, 0) is 49.9 Å². The van der Waals surface area contributed by atoms with Crippen LogP contribution in [0.15, 0.2) is 42.0 Å². The third-order valence-electron chi connectivity index (χ3n) is 3.63. The summed E-state index contributed by atoms with van der Waals surface area (Å²) < 4.78 is 2.10. The Balaban J connectivity index is 1.68. The van der Waals surface area contributed by atoms with Crippen molar-refractivity contribution in [2.75, 3.05) is 6.54 Å². The van der Waals surface area contributed by atoms with Crippen LogP contribution in [-0.2, 0) is 6.42 Å². The molecule has 2 heterocycles. The second-order valence-corrected chi connectivity index (χ2v) is 6.57. The van der Waals surface area contributed by atoms with Crippen molar-refractivity contribution in [1.29, 1.82) is 0 Å². The molecular formula is C17H19N3OS. The van der Waals surface area contributed by atoms with Crippen molar-refractivity contribution < 1.29 is 4.79 Å². The Kier molecular flexibility index (Phi) is 4.24. The molecule has 3 aromatic rings. The fraction of sp³-hybridized carbons (Fsp3) is 0.294. The lowest BCUT2D eigenvalue weighted by atomic mass is 10.2. The predicted molar refractivity (Wildman–Crippen MR) is 90.5 cm³/mol. The smallest absolute Gasteiger partial charge is 0.251 e. The van der Waals surface area contributed by atoms with E-state index in [-0.39, 0.29) is 5.91 Å². The summed E-state index contributed by atoms with van der Waals surface area (Å²) in [5.74, 6) is -0.0439. The van der Waals surface area contributed by atoms with Gasteiger partial charge < -0.3 is 9.88 Å². The van der Waals surface area contributed by atoms with Crippen LogP contribution in [0.4, 0.5) is 0 Å². The van der Waals surface area contributed by atoms with E-state index in [1.54, 1.807) is 11.3 Å². The highest BCUT2D eigenvalue weighted by Gasteiger charge is 2.10. The maximum Gasteiger partial charge on any atom is 0.251 e. The molecule has 0 radical (unpaired) electrons. The van der Waals surface area contributed by atoms with Crippen molar-refractivity contribution in [1.82, 2.24) is 14.9 Å². The number of rotatable bonds is 5. The van der Waals surface area contributed by atoms with Gasteiger partial charge in [0.1, 0.15) is 0 Å². The quantitative estimate of drug-likeness (QED) is 0.781. The zero-order chi connectivity index (χ0) is 15.5. The van der Waals surface area contributed by atoms with E-state index in [4.69, 9.17) is 0 Å². The molecule has 0 fully saturated rings. The molecule has 0 aliphatic rings. The number of nitrogens with zero attached hydrogens (tertiary/aromatic N) is 2. The Labute approximate surface area is 133 Å². The zero-order valence-corrected chi connectivity index (χ0v) is 13.6. The number of carbonyl (C=O) groups is 1. The van der Waals surface area contributed by atoms with Gasteiger partial charge in [-0.25, -0.2) is 4.98 Å². The maximum absolute atomic E-state index is 12.2. The summed E-state index contributed by atoms with van der Waals surface area (Å²) in [5, 5.41) is 5.02. The highest BCUT2D eigenvalue weighted by atomic mass is 32.1. The number of amides is 1. The molecule has 4 nitrogen and oxygen atoms in total. The Hall–Kier alpha value is -2.14. The van der Waals surface area contributed by atoms with Gasteiger partial charge in [0.15, 0.2) is 0 Å². The van der Waals surface area contributed by atoms with Gasteiger partial charge >= 0.3 is 0 Å². The first-order valence-electron chi connectivity index (χ1n) is 7.42. The fourth-order valence-corrected chi connectivity index (χ4v) is 3.15. The van der Waals surface area contributed by atoms with E-state index in [2.05, 4.69) is 40.2 Å². The average molecular weight is 313 g/mol. The first-order chi connectivity index (χ1) is 10.6. The summed E-state index contributed by atoms with van der Waals surface area (Å²) in [6.07, 6.45) is 2.70. The van der Waals surface area contributed by atoms with Crippen molar-refractivity contribution in [2.45, 2.75) is 26.3 Å². The monoisotopic (exact) mass is 313 g/mol. The van der Waals surface area contributed by atoms with E-state index >= 15 is 0 Å². The van der Waals surface area contributed by atoms with Crippen LogP contribution in [0.5, 0.6) is 0 Å². The summed E-state index contributed by atoms with van der Waals surface area (Å²) in [5.41, 5.74) is 2.58. The third kappa shape index (κ3) is 3.04. The lowest BCUT2D eigenvalue weighted by Gasteiger charge is -2.08. The van der Waals surface area contributed by atoms with Gasteiger partial charge in [-0.3, -0.25) is 4.79 Å². The highest BCUT2D eigenvalue weighted by molar-refractivity contribution is 7.09. The predicted octanol–water partition coefficient (Wildman–Crippen LogP) is 3.65. The molecule has 0 saturated heterocycles. The minimum Gasteiger partial charge on any atom is -0.352 e. The lowest BCUT2D eigenvalue weighted by Crippen LogP contribution is -2.25. The summed E-state index contributed by atoms with van der Waals surface area (Å²) in [7, 11) is 0. The van der Waals surface area contributed by atoms with Gasteiger partial charge in [-0.1, -0.05) is 6.07 Å². The molecule has 5 heteroatoms. The topological polar surface area (TPSA) is 46.9 Å². The molecular weight excluding hydrogens is 294 g/mol. The molecule has 0 unspecified atom stereocenters. The fourth-order valence-electron chi connectivity index (χ4n) is 2.44. The number of aromatic nitrogens is 2. The summed E-state index contributed by atoms with van der Waals surface area (Å²) >= 11 is 1.71. The Morgan fingerprint density at radius 1 is 1.36 bits per heavy atom. The molecule has 2 aromatic heterocycles. The minimum absolute atomic E-state index is 0.0439. The van der Waals surface area contributed by atoms with Crippen LogP contribution < -0.4 is 5.32 Å². The van der Waals surface area contributed by atoms with Crippen molar-refractivity contribution >= 4 is 28.3 Å². The molecule has 0 aliphatic carbocycles. The van der Waals surface area contributed by atoms with Crippen LogP contribution in [0.1, 0.15) is 35.1 Å². The average Bonchev–Trinajstić information content (AvgIpc) is 3.15. The Morgan fingerprint density at radius 3 is 2.95 bits per heavy atom. The molecule has 22 heavy (non-hydrogen) atoms. The first kappa shape index (κ1) is 14.8. The number of hydrogen-bond donors (Lipinski definition) is 1. The van der Waals surface area contributed by atoms with Gasteiger partial charge in [0.2, 0.25) is 0 Å². The normalized spacial score (nSPS) is 11.2. The number of fused-ring (bicyclic) bond motifs is 1. The molecule has 1 aromatic carbocycles. The molecule has 0 spiro atoms. The number of carbonyl (C=O) groups excluding carboxylic acids is 1. The van der Waals surface area contributed by atoms with Crippen LogP contribution in [0.2, 0.25) is 0 Å². The van der Waals surface area contributed by atoms with Gasteiger partial charge in [-0.15, -0.1) is 11.3 Å². The molecule has 0 saturated carbocycles.